The fourth-order valence-corrected chi connectivity index (χ4v) is 1.80. The fraction of sp³-hybridized carbons (Fsp3) is 0.462. The van der Waals surface area contributed by atoms with Crippen molar-refractivity contribution in [1.82, 2.24) is 0 Å². The number of hydrogen-bond donors (Lipinski definition) is 1. The molecule has 1 aliphatic carbocycles. The van der Waals surface area contributed by atoms with Crippen molar-refractivity contribution in [2.75, 3.05) is 6.61 Å². The highest BCUT2D eigenvalue weighted by atomic mass is 19.1. The van der Waals surface area contributed by atoms with E-state index in [2.05, 4.69) is 6.07 Å². The van der Waals surface area contributed by atoms with Crippen LogP contribution in [0.25, 0.3) is 0 Å². The number of benzene rings is 1. The lowest BCUT2D eigenvalue weighted by Crippen LogP contribution is -2.14. The number of nitrogens with two attached hydrogens (primary N) is 1. The van der Waals surface area contributed by atoms with Crippen LogP contribution in [0.3, 0.4) is 0 Å². The summed E-state index contributed by atoms with van der Waals surface area (Å²) in [6.07, 6.45) is 2.57. The standard InChI is InChI=1S/C13H15FN2O/c14-11-1-2-12(10(7-11)8-16)17-9-13(3-4-13)5-6-15/h1-2,7H,3-5,8-9,16H2. The van der Waals surface area contributed by atoms with Gasteiger partial charge >= 0.3 is 0 Å². The highest BCUT2D eigenvalue weighted by molar-refractivity contribution is 5.34. The van der Waals surface area contributed by atoms with Crippen LogP contribution < -0.4 is 10.5 Å². The summed E-state index contributed by atoms with van der Waals surface area (Å²) in [4.78, 5) is 0. The molecular weight excluding hydrogens is 219 g/mol. The minimum absolute atomic E-state index is 0.0228. The zero-order chi connectivity index (χ0) is 12.3. The van der Waals surface area contributed by atoms with E-state index in [0.29, 0.717) is 24.3 Å². The molecule has 0 atom stereocenters. The first-order chi connectivity index (χ1) is 8.19. The summed E-state index contributed by atoms with van der Waals surface area (Å²) in [6, 6.07) is 6.52. The van der Waals surface area contributed by atoms with Gasteiger partial charge in [-0.15, -0.1) is 0 Å². The van der Waals surface area contributed by atoms with Gasteiger partial charge in [-0.2, -0.15) is 5.26 Å². The van der Waals surface area contributed by atoms with Crippen LogP contribution in [-0.4, -0.2) is 6.61 Å². The molecule has 17 heavy (non-hydrogen) atoms. The van der Waals surface area contributed by atoms with Crippen LogP contribution >= 0.6 is 0 Å². The van der Waals surface area contributed by atoms with Crippen LogP contribution in [0.15, 0.2) is 18.2 Å². The van der Waals surface area contributed by atoms with Gasteiger partial charge in [-0.25, -0.2) is 4.39 Å². The van der Waals surface area contributed by atoms with E-state index in [-0.39, 0.29) is 17.8 Å². The third-order valence-corrected chi connectivity index (χ3v) is 3.19. The fourth-order valence-electron chi connectivity index (χ4n) is 1.80. The Balaban J connectivity index is 2.02. The van der Waals surface area contributed by atoms with Crippen molar-refractivity contribution in [3.63, 3.8) is 0 Å². The SMILES string of the molecule is N#CCC1(COc2ccc(F)cc2CN)CC1. The Kier molecular flexibility index (Phi) is 3.30. The zero-order valence-electron chi connectivity index (χ0n) is 9.58. The maximum Gasteiger partial charge on any atom is 0.124 e. The zero-order valence-corrected chi connectivity index (χ0v) is 9.58. The molecule has 0 heterocycles. The van der Waals surface area contributed by atoms with Gasteiger partial charge in [0, 0.05) is 23.9 Å². The lowest BCUT2D eigenvalue weighted by Gasteiger charge is -2.15. The third kappa shape index (κ3) is 2.75. The summed E-state index contributed by atoms with van der Waals surface area (Å²) in [7, 11) is 0. The monoisotopic (exact) mass is 234 g/mol. The Morgan fingerprint density at radius 2 is 2.24 bits per heavy atom. The minimum Gasteiger partial charge on any atom is -0.493 e. The second-order valence-electron chi connectivity index (χ2n) is 4.58. The van der Waals surface area contributed by atoms with E-state index in [1.807, 2.05) is 0 Å². The van der Waals surface area contributed by atoms with Crippen molar-refractivity contribution >= 4 is 0 Å². The summed E-state index contributed by atoms with van der Waals surface area (Å²) < 4.78 is 18.7. The quantitative estimate of drug-likeness (QED) is 0.850. The molecule has 0 aromatic heterocycles. The Hall–Kier alpha value is -1.60. The first-order valence-corrected chi connectivity index (χ1v) is 5.67. The normalized spacial score (nSPS) is 16.3. The lowest BCUT2D eigenvalue weighted by atomic mass is 10.1. The van der Waals surface area contributed by atoms with E-state index in [1.54, 1.807) is 6.07 Å². The van der Waals surface area contributed by atoms with Crippen molar-refractivity contribution in [1.29, 1.82) is 5.26 Å². The molecular formula is C13H15FN2O. The first-order valence-electron chi connectivity index (χ1n) is 5.67. The van der Waals surface area contributed by atoms with Crippen LogP contribution in [0, 0.1) is 22.6 Å². The highest BCUT2D eigenvalue weighted by Gasteiger charge is 2.43. The molecule has 1 aromatic carbocycles. The van der Waals surface area contributed by atoms with Crippen molar-refractivity contribution in [3.05, 3.63) is 29.6 Å². The summed E-state index contributed by atoms with van der Waals surface area (Å²) in [6.45, 7) is 0.761. The molecule has 2 rings (SSSR count). The van der Waals surface area contributed by atoms with Crippen molar-refractivity contribution in [2.45, 2.75) is 25.8 Å². The van der Waals surface area contributed by atoms with Crippen LogP contribution in [-0.2, 0) is 6.54 Å². The van der Waals surface area contributed by atoms with Gasteiger partial charge in [-0.1, -0.05) is 0 Å². The molecule has 1 saturated carbocycles. The highest BCUT2D eigenvalue weighted by Crippen LogP contribution is 2.48. The van der Waals surface area contributed by atoms with E-state index in [0.717, 1.165) is 12.8 Å². The number of rotatable bonds is 5. The predicted octanol–water partition coefficient (Wildman–Crippen LogP) is 2.36. The van der Waals surface area contributed by atoms with Gasteiger partial charge in [0.2, 0.25) is 0 Å². The minimum atomic E-state index is -0.309. The largest absolute Gasteiger partial charge is 0.493 e. The Bertz CT molecular complexity index is 449. The summed E-state index contributed by atoms with van der Waals surface area (Å²) in [5, 5.41) is 8.70. The molecule has 2 N–H and O–H groups in total. The molecule has 0 saturated heterocycles. The number of nitriles is 1. The number of nitrogens with zero attached hydrogens (tertiary/aromatic N) is 1. The van der Waals surface area contributed by atoms with Crippen LogP contribution in [0.4, 0.5) is 4.39 Å². The average molecular weight is 234 g/mol. The van der Waals surface area contributed by atoms with Crippen molar-refractivity contribution < 1.29 is 9.13 Å². The lowest BCUT2D eigenvalue weighted by molar-refractivity contribution is 0.234. The summed E-state index contributed by atoms with van der Waals surface area (Å²) >= 11 is 0. The molecule has 0 spiro atoms. The Labute approximate surface area is 100.0 Å². The van der Waals surface area contributed by atoms with Crippen molar-refractivity contribution in [2.24, 2.45) is 11.1 Å². The molecule has 1 aromatic rings. The van der Waals surface area contributed by atoms with E-state index in [9.17, 15) is 4.39 Å². The summed E-state index contributed by atoms with van der Waals surface area (Å²) in [5.41, 5.74) is 6.22. The van der Waals surface area contributed by atoms with Crippen LogP contribution in [0.2, 0.25) is 0 Å². The van der Waals surface area contributed by atoms with Gasteiger partial charge in [0.1, 0.15) is 11.6 Å². The topological polar surface area (TPSA) is 59.0 Å². The maximum atomic E-state index is 13.0. The average Bonchev–Trinajstić information content (AvgIpc) is 3.08. The van der Waals surface area contributed by atoms with E-state index >= 15 is 0 Å². The second kappa shape index (κ2) is 4.72. The molecule has 4 heteroatoms. The first kappa shape index (κ1) is 11.9. The van der Waals surface area contributed by atoms with Gasteiger partial charge in [0.05, 0.1) is 12.7 Å². The van der Waals surface area contributed by atoms with Crippen LogP contribution in [0.1, 0.15) is 24.8 Å². The molecule has 1 fully saturated rings. The second-order valence-corrected chi connectivity index (χ2v) is 4.58. The molecule has 3 nitrogen and oxygen atoms in total. The molecule has 0 aliphatic heterocycles. The number of halogens is 1. The van der Waals surface area contributed by atoms with Gasteiger partial charge in [-0.3, -0.25) is 0 Å². The van der Waals surface area contributed by atoms with E-state index < -0.39 is 0 Å². The molecule has 0 bridgehead atoms. The molecule has 1 aliphatic rings. The van der Waals surface area contributed by atoms with Gasteiger partial charge in [0.15, 0.2) is 0 Å². The molecule has 0 amide bonds. The molecule has 0 unspecified atom stereocenters. The molecule has 90 valence electrons. The Morgan fingerprint density at radius 3 is 2.82 bits per heavy atom. The Morgan fingerprint density at radius 1 is 1.47 bits per heavy atom. The van der Waals surface area contributed by atoms with Crippen molar-refractivity contribution in [3.8, 4) is 11.8 Å². The summed E-state index contributed by atoms with van der Waals surface area (Å²) in [5.74, 6) is 0.314. The molecule has 0 radical (unpaired) electrons. The van der Waals surface area contributed by atoms with Crippen LogP contribution in [0.5, 0.6) is 5.75 Å². The van der Waals surface area contributed by atoms with E-state index in [4.69, 9.17) is 15.7 Å². The van der Waals surface area contributed by atoms with Gasteiger partial charge in [-0.05, 0) is 31.0 Å². The van der Waals surface area contributed by atoms with E-state index in [1.165, 1.54) is 12.1 Å². The van der Waals surface area contributed by atoms with Gasteiger partial charge in [0.25, 0.3) is 0 Å². The maximum absolute atomic E-state index is 13.0. The smallest absolute Gasteiger partial charge is 0.124 e. The third-order valence-electron chi connectivity index (χ3n) is 3.19. The predicted molar refractivity (Wildman–Crippen MR) is 61.7 cm³/mol. The number of hydrogen-bond acceptors (Lipinski definition) is 3. The number of ether oxygens (including phenoxy) is 1. The van der Waals surface area contributed by atoms with Gasteiger partial charge < -0.3 is 10.5 Å².